The van der Waals surface area contributed by atoms with Gasteiger partial charge in [0, 0.05) is 23.3 Å². The number of nitrogens with zero attached hydrogens (tertiary/aromatic N) is 3. The van der Waals surface area contributed by atoms with Gasteiger partial charge in [-0.25, -0.2) is 15.0 Å². The maximum Gasteiger partial charge on any atom is 0.222 e. The van der Waals surface area contributed by atoms with Gasteiger partial charge < -0.3 is 19.7 Å². The second kappa shape index (κ2) is 14.7. The van der Waals surface area contributed by atoms with Crippen LogP contribution < -0.4 is 4.74 Å². The Morgan fingerprint density at radius 1 is 0.721 bits per heavy atom. The van der Waals surface area contributed by atoms with Gasteiger partial charge in [0.15, 0.2) is 17.5 Å². The van der Waals surface area contributed by atoms with Gasteiger partial charge in [-0.2, -0.15) is 0 Å². The van der Waals surface area contributed by atoms with Crippen molar-refractivity contribution in [2.75, 3.05) is 19.8 Å². The molecule has 2 N–H and O–H groups in total. The lowest BCUT2D eigenvalue weighted by atomic mass is 10.0. The Kier molecular flexibility index (Phi) is 11.0. The van der Waals surface area contributed by atoms with Crippen molar-refractivity contribution < 1.29 is 19.7 Å². The van der Waals surface area contributed by atoms with E-state index in [-0.39, 0.29) is 13.2 Å². The second-order valence-electron chi connectivity index (χ2n) is 11.7. The molecule has 0 aliphatic heterocycles. The van der Waals surface area contributed by atoms with E-state index in [0.29, 0.717) is 35.7 Å². The van der Waals surface area contributed by atoms with Gasteiger partial charge in [-0.1, -0.05) is 80.6 Å². The summed E-state index contributed by atoms with van der Waals surface area (Å²) < 4.78 is 11.4. The number of benzene rings is 3. The van der Waals surface area contributed by atoms with Crippen molar-refractivity contribution in [3.8, 4) is 39.9 Å². The molecule has 0 aliphatic rings. The summed E-state index contributed by atoms with van der Waals surface area (Å²) in [7, 11) is 0. The summed E-state index contributed by atoms with van der Waals surface area (Å²) in [6.45, 7) is 12.6. The molecule has 228 valence electrons. The SMILES string of the molecule is CCCCC(CC)COCC(O)(O)COc1ccc(-c2nc(-c3ccc(C)cc3C)nc(-c3ccc(C)cc3C)n2)cc1. The zero-order valence-corrected chi connectivity index (χ0v) is 26.4. The highest BCUT2D eigenvalue weighted by Crippen LogP contribution is 2.29. The van der Waals surface area contributed by atoms with E-state index in [4.69, 9.17) is 24.4 Å². The summed E-state index contributed by atoms with van der Waals surface area (Å²) in [5.74, 6) is 0.616. The molecule has 0 amide bonds. The molecule has 7 heteroatoms. The molecule has 0 saturated heterocycles. The number of aromatic nitrogens is 3. The minimum Gasteiger partial charge on any atom is -0.488 e. The third-order valence-electron chi connectivity index (χ3n) is 7.69. The fraction of sp³-hybridized carbons (Fsp3) is 0.417. The van der Waals surface area contributed by atoms with Gasteiger partial charge in [0.2, 0.25) is 5.79 Å². The van der Waals surface area contributed by atoms with Crippen LogP contribution in [0.4, 0.5) is 0 Å². The minimum absolute atomic E-state index is 0.207. The highest BCUT2D eigenvalue weighted by molar-refractivity contribution is 5.69. The van der Waals surface area contributed by atoms with E-state index in [1.54, 1.807) is 12.1 Å². The van der Waals surface area contributed by atoms with E-state index >= 15 is 0 Å². The Morgan fingerprint density at radius 2 is 1.28 bits per heavy atom. The van der Waals surface area contributed by atoms with Crippen LogP contribution in [-0.4, -0.2) is 50.8 Å². The van der Waals surface area contributed by atoms with Gasteiger partial charge in [-0.15, -0.1) is 0 Å². The Balaban J connectivity index is 1.52. The molecule has 7 nitrogen and oxygen atoms in total. The molecule has 3 aromatic carbocycles. The summed E-state index contributed by atoms with van der Waals surface area (Å²) in [6, 6.07) is 19.8. The molecule has 1 aromatic heterocycles. The van der Waals surface area contributed by atoms with Gasteiger partial charge in [-0.05, 0) is 75.4 Å². The van der Waals surface area contributed by atoms with Crippen molar-refractivity contribution in [1.29, 1.82) is 0 Å². The fourth-order valence-electron chi connectivity index (χ4n) is 5.10. The van der Waals surface area contributed by atoms with E-state index in [9.17, 15) is 10.2 Å². The molecule has 0 bridgehead atoms. The average Bonchev–Trinajstić information content (AvgIpc) is 2.98. The lowest BCUT2D eigenvalue weighted by Crippen LogP contribution is -2.41. The highest BCUT2D eigenvalue weighted by Gasteiger charge is 2.25. The van der Waals surface area contributed by atoms with E-state index in [2.05, 4.69) is 77.9 Å². The first kappa shape index (κ1) is 32.3. The summed E-state index contributed by atoms with van der Waals surface area (Å²) in [6.07, 6.45) is 4.38. The molecule has 1 unspecified atom stereocenters. The number of aryl methyl sites for hydroxylation is 4. The normalized spacial score (nSPS) is 12.4. The Morgan fingerprint density at radius 3 is 1.79 bits per heavy atom. The van der Waals surface area contributed by atoms with Crippen LogP contribution in [0.2, 0.25) is 0 Å². The smallest absolute Gasteiger partial charge is 0.222 e. The van der Waals surface area contributed by atoms with Crippen LogP contribution >= 0.6 is 0 Å². The molecule has 0 fully saturated rings. The highest BCUT2D eigenvalue weighted by atomic mass is 16.6. The first-order valence-corrected chi connectivity index (χ1v) is 15.3. The molecule has 0 saturated carbocycles. The number of aliphatic hydroxyl groups is 2. The standard InChI is InChI=1S/C36H45N3O4/c1-7-9-10-28(8-2)21-42-22-36(40,41)23-43-30-15-13-29(14-16-30)33-37-34(31-17-11-24(3)19-26(31)5)39-35(38-33)32-18-12-25(4)20-27(32)6/h11-20,28,40-41H,7-10,21-23H2,1-6H3. The van der Waals surface area contributed by atoms with Gasteiger partial charge in [0.25, 0.3) is 0 Å². The van der Waals surface area contributed by atoms with E-state index in [1.165, 1.54) is 11.1 Å². The van der Waals surface area contributed by atoms with Crippen LogP contribution in [0.25, 0.3) is 34.2 Å². The van der Waals surface area contributed by atoms with Gasteiger partial charge in [-0.3, -0.25) is 0 Å². The molecular weight excluding hydrogens is 538 g/mol. The molecule has 0 aliphatic carbocycles. The predicted molar refractivity (Wildman–Crippen MR) is 172 cm³/mol. The molecule has 0 radical (unpaired) electrons. The van der Waals surface area contributed by atoms with Crippen LogP contribution in [0, 0.1) is 33.6 Å². The largest absolute Gasteiger partial charge is 0.488 e. The summed E-state index contributed by atoms with van der Waals surface area (Å²) in [5, 5.41) is 20.8. The van der Waals surface area contributed by atoms with Crippen molar-refractivity contribution in [1.82, 2.24) is 15.0 Å². The first-order chi connectivity index (χ1) is 20.6. The van der Waals surface area contributed by atoms with E-state index in [1.807, 2.05) is 12.1 Å². The Labute approximate surface area is 256 Å². The van der Waals surface area contributed by atoms with Crippen molar-refractivity contribution in [3.63, 3.8) is 0 Å². The number of ether oxygens (including phenoxy) is 2. The quantitative estimate of drug-likeness (QED) is 0.149. The Bertz CT molecular complexity index is 1430. The second-order valence-corrected chi connectivity index (χ2v) is 11.7. The zero-order chi connectivity index (χ0) is 31.0. The molecule has 1 atom stereocenters. The zero-order valence-electron chi connectivity index (χ0n) is 26.4. The minimum atomic E-state index is -2.09. The summed E-state index contributed by atoms with van der Waals surface area (Å²) in [4.78, 5) is 14.6. The average molecular weight is 584 g/mol. The van der Waals surface area contributed by atoms with E-state index in [0.717, 1.165) is 53.5 Å². The summed E-state index contributed by atoms with van der Waals surface area (Å²) in [5.41, 5.74) is 7.27. The van der Waals surface area contributed by atoms with Crippen LogP contribution in [0.15, 0.2) is 60.7 Å². The fourth-order valence-corrected chi connectivity index (χ4v) is 5.10. The lowest BCUT2D eigenvalue weighted by molar-refractivity contribution is -0.215. The number of unbranched alkanes of at least 4 members (excludes halogenated alkanes) is 1. The van der Waals surface area contributed by atoms with Crippen LogP contribution in [0.1, 0.15) is 61.8 Å². The number of hydrogen-bond donors (Lipinski definition) is 2. The molecule has 43 heavy (non-hydrogen) atoms. The lowest BCUT2D eigenvalue weighted by Gasteiger charge is -2.23. The third kappa shape index (κ3) is 8.92. The van der Waals surface area contributed by atoms with Crippen LogP contribution in [-0.2, 0) is 4.74 Å². The molecular formula is C36H45N3O4. The summed E-state index contributed by atoms with van der Waals surface area (Å²) >= 11 is 0. The Hall–Kier alpha value is -3.65. The number of rotatable bonds is 14. The molecule has 1 heterocycles. The van der Waals surface area contributed by atoms with Crippen molar-refractivity contribution in [2.45, 2.75) is 73.0 Å². The maximum absolute atomic E-state index is 10.4. The first-order valence-electron chi connectivity index (χ1n) is 15.3. The van der Waals surface area contributed by atoms with Crippen molar-refractivity contribution in [2.24, 2.45) is 5.92 Å². The number of hydrogen-bond acceptors (Lipinski definition) is 7. The van der Waals surface area contributed by atoms with Crippen LogP contribution in [0.3, 0.4) is 0 Å². The molecule has 0 spiro atoms. The van der Waals surface area contributed by atoms with Crippen LogP contribution in [0.5, 0.6) is 5.75 Å². The topological polar surface area (TPSA) is 97.6 Å². The van der Waals surface area contributed by atoms with Gasteiger partial charge >= 0.3 is 0 Å². The van der Waals surface area contributed by atoms with Gasteiger partial charge in [0.05, 0.1) is 0 Å². The van der Waals surface area contributed by atoms with Crippen molar-refractivity contribution >= 4 is 0 Å². The van der Waals surface area contributed by atoms with Crippen molar-refractivity contribution in [3.05, 3.63) is 82.9 Å². The monoisotopic (exact) mass is 583 g/mol. The third-order valence-corrected chi connectivity index (χ3v) is 7.69. The predicted octanol–water partition coefficient (Wildman–Crippen LogP) is 7.40. The molecule has 4 aromatic rings. The van der Waals surface area contributed by atoms with Gasteiger partial charge in [0.1, 0.15) is 19.0 Å². The maximum atomic E-state index is 10.4. The molecule has 4 rings (SSSR count). The van der Waals surface area contributed by atoms with E-state index < -0.39 is 5.79 Å².